The van der Waals surface area contributed by atoms with Crippen molar-refractivity contribution in [2.45, 2.75) is 51.1 Å². The third kappa shape index (κ3) is 4.48. The molecule has 1 N–H and O–H groups in total. The van der Waals surface area contributed by atoms with E-state index in [1.807, 2.05) is 24.6 Å². The van der Waals surface area contributed by atoms with Crippen LogP contribution < -0.4 is 11.0 Å². The van der Waals surface area contributed by atoms with Crippen LogP contribution in [0, 0.1) is 6.92 Å². The van der Waals surface area contributed by atoms with E-state index in [9.17, 15) is 9.59 Å². The van der Waals surface area contributed by atoms with E-state index in [1.165, 1.54) is 4.68 Å². The van der Waals surface area contributed by atoms with Crippen LogP contribution in [0.25, 0.3) is 0 Å². The molecule has 0 radical (unpaired) electrons. The SMILES string of the molecule is CSCc1ccc(C(=O)NC2CCc3nn(Cc4csc(C)n4)c(=O)n3CC2)o1. The van der Waals surface area contributed by atoms with E-state index >= 15 is 0 Å². The summed E-state index contributed by atoms with van der Waals surface area (Å²) in [6.45, 7) is 2.87. The smallest absolute Gasteiger partial charge is 0.346 e. The van der Waals surface area contributed by atoms with Gasteiger partial charge in [-0.3, -0.25) is 9.36 Å². The number of hydrogen-bond donors (Lipinski definition) is 1. The number of aryl methyl sites for hydroxylation is 2. The summed E-state index contributed by atoms with van der Waals surface area (Å²) in [5, 5.41) is 10.5. The Morgan fingerprint density at radius 1 is 1.41 bits per heavy atom. The minimum atomic E-state index is -0.210. The number of nitrogens with zero attached hydrogens (tertiary/aromatic N) is 4. The van der Waals surface area contributed by atoms with Gasteiger partial charge in [0.1, 0.15) is 11.6 Å². The van der Waals surface area contributed by atoms with E-state index < -0.39 is 0 Å². The molecule has 0 saturated carbocycles. The Kier molecular flexibility index (Phi) is 5.91. The van der Waals surface area contributed by atoms with Crippen LogP contribution in [0.5, 0.6) is 0 Å². The Bertz CT molecular complexity index is 1060. The van der Waals surface area contributed by atoms with Gasteiger partial charge in [-0.15, -0.1) is 11.3 Å². The highest BCUT2D eigenvalue weighted by Gasteiger charge is 2.23. The average molecular weight is 434 g/mol. The minimum absolute atomic E-state index is 0.0210. The summed E-state index contributed by atoms with van der Waals surface area (Å²) in [4.78, 5) is 29.6. The summed E-state index contributed by atoms with van der Waals surface area (Å²) in [6, 6.07) is 3.52. The van der Waals surface area contributed by atoms with Crippen LogP contribution in [-0.2, 0) is 25.3 Å². The average Bonchev–Trinajstić information content (AvgIpc) is 3.36. The van der Waals surface area contributed by atoms with Crippen molar-refractivity contribution in [3.05, 3.63) is 56.0 Å². The molecule has 4 rings (SSSR count). The molecular weight excluding hydrogens is 410 g/mol. The fourth-order valence-corrected chi connectivity index (χ4v) is 4.53. The van der Waals surface area contributed by atoms with Gasteiger partial charge in [0, 0.05) is 24.4 Å². The molecule has 3 aromatic rings. The second kappa shape index (κ2) is 8.58. The maximum Gasteiger partial charge on any atom is 0.346 e. The Balaban J connectivity index is 1.39. The lowest BCUT2D eigenvalue weighted by Gasteiger charge is -2.15. The molecule has 0 fully saturated rings. The van der Waals surface area contributed by atoms with Crippen LogP contribution in [0.3, 0.4) is 0 Å². The van der Waals surface area contributed by atoms with Crippen LogP contribution in [0.2, 0.25) is 0 Å². The number of amides is 1. The molecule has 1 atom stereocenters. The molecular formula is C19H23N5O3S2. The van der Waals surface area contributed by atoms with Gasteiger partial charge in [-0.1, -0.05) is 0 Å². The van der Waals surface area contributed by atoms with Crippen molar-refractivity contribution in [3.8, 4) is 0 Å². The van der Waals surface area contributed by atoms with E-state index in [0.717, 1.165) is 34.5 Å². The van der Waals surface area contributed by atoms with Gasteiger partial charge in [-0.25, -0.2) is 14.5 Å². The molecule has 1 amide bonds. The summed E-state index contributed by atoms with van der Waals surface area (Å²) in [5.74, 6) is 2.42. The van der Waals surface area contributed by atoms with Crippen molar-refractivity contribution < 1.29 is 9.21 Å². The summed E-state index contributed by atoms with van der Waals surface area (Å²) < 4.78 is 8.79. The second-order valence-electron chi connectivity index (χ2n) is 7.06. The standard InChI is InChI=1S/C19H23N5O3S2/c1-12-20-14(10-29-12)9-24-19(26)23-8-7-13(3-6-17(23)22-24)21-18(25)16-5-4-15(27-16)11-28-2/h4-5,10,13H,3,6-9,11H2,1-2H3,(H,21,25). The quantitative estimate of drug-likeness (QED) is 0.642. The molecule has 0 aromatic carbocycles. The monoisotopic (exact) mass is 433 g/mol. The number of carbonyl (C=O) groups excluding carboxylic acids is 1. The number of furan rings is 1. The Morgan fingerprint density at radius 3 is 3.03 bits per heavy atom. The number of hydrogen-bond acceptors (Lipinski definition) is 7. The summed E-state index contributed by atoms with van der Waals surface area (Å²) in [7, 11) is 0. The van der Waals surface area contributed by atoms with Crippen LogP contribution in [-0.4, -0.2) is 37.5 Å². The van der Waals surface area contributed by atoms with Crippen LogP contribution >= 0.6 is 23.1 Å². The highest BCUT2D eigenvalue weighted by Crippen LogP contribution is 2.16. The molecule has 154 valence electrons. The number of nitrogens with one attached hydrogen (secondary N) is 1. The first-order valence-corrected chi connectivity index (χ1v) is 11.8. The van der Waals surface area contributed by atoms with Crippen molar-refractivity contribution in [1.29, 1.82) is 0 Å². The van der Waals surface area contributed by atoms with Gasteiger partial charge in [0.25, 0.3) is 5.91 Å². The first-order chi connectivity index (χ1) is 14.0. The minimum Gasteiger partial charge on any atom is -0.455 e. The molecule has 1 aliphatic heterocycles. The van der Waals surface area contributed by atoms with E-state index in [2.05, 4.69) is 15.4 Å². The Labute approximate surface area is 176 Å². The second-order valence-corrected chi connectivity index (χ2v) is 8.99. The van der Waals surface area contributed by atoms with E-state index in [0.29, 0.717) is 31.7 Å². The molecule has 0 spiro atoms. The number of thioether (sulfide) groups is 1. The summed E-state index contributed by atoms with van der Waals surface area (Å²) >= 11 is 3.21. The van der Waals surface area contributed by atoms with E-state index in [4.69, 9.17) is 4.42 Å². The zero-order valence-corrected chi connectivity index (χ0v) is 18.0. The Morgan fingerprint density at radius 2 is 2.28 bits per heavy atom. The topological polar surface area (TPSA) is 95.0 Å². The van der Waals surface area contributed by atoms with Crippen molar-refractivity contribution in [1.82, 2.24) is 24.6 Å². The molecule has 0 saturated heterocycles. The van der Waals surface area contributed by atoms with Gasteiger partial charge >= 0.3 is 5.69 Å². The molecule has 0 bridgehead atoms. The maximum atomic E-state index is 12.7. The summed E-state index contributed by atoms with van der Waals surface area (Å²) in [6.07, 6.45) is 4.04. The zero-order valence-electron chi connectivity index (χ0n) is 16.4. The molecule has 4 heterocycles. The van der Waals surface area contributed by atoms with Gasteiger partial charge in [0.15, 0.2) is 5.76 Å². The Hall–Kier alpha value is -2.33. The van der Waals surface area contributed by atoms with Gasteiger partial charge in [0.05, 0.1) is 23.0 Å². The predicted octanol–water partition coefficient (Wildman–Crippen LogP) is 2.45. The fourth-order valence-electron chi connectivity index (χ4n) is 3.49. The van der Waals surface area contributed by atoms with E-state index in [-0.39, 0.29) is 17.6 Å². The highest BCUT2D eigenvalue weighted by molar-refractivity contribution is 7.97. The molecule has 1 unspecified atom stereocenters. The molecule has 1 aliphatic rings. The van der Waals surface area contributed by atoms with E-state index in [1.54, 1.807) is 33.7 Å². The normalized spacial score (nSPS) is 16.4. The van der Waals surface area contributed by atoms with Gasteiger partial charge in [-0.2, -0.15) is 16.9 Å². The van der Waals surface area contributed by atoms with Crippen molar-refractivity contribution in [2.75, 3.05) is 6.26 Å². The molecule has 0 aliphatic carbocycles. The highest BCUT2D eigenvalue weighted by atomic mass is 32.2. The van der Waals surface area contributed by atoms with Crippen molar-refractivity contribution >= 4 is 29.0 Å². The largest absolute Gasteiger partial charge is 0.455 e. The lowest BCUT2D eigenvalue weighted by molar-refractivity contribution is 0.0903. The number of carbonyl (C=O) groups is 1. The predicted molar refractivity (Wildman–Crippen MR) is 113 cm³/mol. The number of rotatable bonds is 6. The van der Waals surface area contributed by atoms with Crippen molar-refractivity contribution in [3.63, 3.8) is 0 Å². The van der Waals surface area contributed by atoms with Crippen molar-refractivity contribution in [2.24, 2.45) is 0 Å². The van der Waals surface area contributed by atoms with Crippen LogP contribution in [0.1, 0.15) is 45.7 Å². The number of aromatic nitrogens is 4. The molecule has 10 heteroatoms. The third-order valence-electron chi connectivity index (χ3n) is 4.90. The number of fused-ring (bicyclic) bond motifs is 1. The first-order valence-electron chi connectivity index (χ1n) is 9.49. The fraction of sp³-hybridized carbons (Fsp3) is 0.474. The lowest BCUT2D eigenvalue weighted by Crippen LogP contribution is -2.35. The third-order valence-corrected chi connectivity index (χ3v) is 6.30. The van der Waals surface area contributed by atoms with Gasteiger partial charge in [-0.05, 0) is 38.2 Å². The number of thiazole rings is 1. The lowest BCUT2D eigenvalue weighted by atomic mass is 10.1. The molecule has 29 heavy (non-hydrogen) atoms. The summed E-state index contributed by atoms with van der Waals surface area (Å²) in [5.41, 5.74) is 0.734. The molecule has 3 aromatic heterocycles. The van der Waals surface area contributed by atoms with Crippen LogP contribution in [0.15, 0.2) is 26.7 Å². The zero-order chi connectivity index (χ0) is 20.4. The van der Waals surface area contributed by atoms with Crippen LogP contribution in [0.4, 0.5) is 0 Å². The van der Waals surface area contributed by atoms with Gasteiger partial charge < -0.3 is 9.73 Å². The van der Waals surface area contributed by atoms with Gasteiger partial charge in [0.2, 0.25) is 0 Å². The molecule has 8 nitrogen and oxygen atoms in total. The maximum absolute atomic E-state index is 12.7. The first kappa shape index (κ1) is 20.0.